The third-order valence-electron chi connectivity index (χ3n) is 4.72. The van der Waals surface area contributed by atoms with E-state index >= 15 is 0 Å². The fraction of sp³-hybridized carbons (Fsp3) is 0.200. The van der Waals surface area contributed by atoms with Crippen molar-refractivity contribution in [1.29, 1.82) is 0 Å². The maximum atomic E-state index is 12.8. The van der Waals surface area contributed by atoms with Crippen molar-refractivity contribution in [2.75, 3.05) is 10.0 Å². The van der Waals surface area contributed by atoms with Crippen LogP contribution in [0.25, 0.3) is 11.3 Å². The van der Waals surface area contributed by atoms with Gasteiger partial charge in [-0.25, -0.2) is 13.4 Å². The van der Waals surface area contributed by atoms with Crippen molar-refractivity contribution in [3.63, 3.8) is 0 Å². The highest BCUT2D eigenvalue weighted by Gasteiger charge is 2.26. The quantitative estimate of drug-likeness (QED) is 0.655. The second kappa shape index (κ2) is 7.16. The fourth-order valence-electron chi connectivity index (χ4n) is 2.88. The number of nitrogens with zero attached hydrogens (tertiary/aromatic N) is 1. The summed E-state index contributed by atoms with van der Waals surface area (Å²) in [6.07, 6.45) is -0.623. The Hall–Kier alpha value is -2.91. The molecule has 150 valence electrons. The highest BCUT2D eigenvalue weighted by Crippen LogP contribution is 2.33. The van der Waals surface area contributed by atoms with E-state index in [2.05, 4.69) is 15.0 Å². The molecule has 2 aromatic carbocycles. The Morgan fingerprint density at radius 2 is 1.93 bits per heavy atom. The number of aromatic nitrogens is 1. The normalized spacial score (nSPS) is 16.0. The van der Waals surface area contributed by atoms with E-state index in [4.69, 9.17) is 4.74 Å². The zero-order valence-electron chi connectivity index (χ0n) is 16.0. The van der Waals surface area contributed by atoms with Gasteiger partial charge >= 0.3 is 0 Å². The third-order valence-corrected chi connectivity index (χ3v) is 6.94. The highest BCUT2D eigenvalue weighted by atomic mass is 32.2. The first-order chi connectivity index (χ1) is 13.7. The minimum atomic E-state index is -3.87. The molecule has 0 aliphatic carbocycles. The van der Waals surface area contributed by atoms with E-state index in [9.17, 15) is 13.2 Å². The van der Waals surface area contributed by atoms with Crippen molar-refractivity contribution in [1.82, 2.24) is 4.98 Å². The van der Waals surface area contributed by atoms with Crippen LogP contribution in [0, 0.1) is 13.8 Å². The molecule has 1 atom stereocenters. The van der Waals surface area contributed by atoms with E-state index in [1.165, 1.54) is 35.1 Å². The van der Waals surface area contributed by atoms with Crippen molar-refractivity contribution in [3.8, 4) is 17.0 Å². The van der Waals surface area contributed by atoms with Crippen LogP contribution in [-0.4, -0.2) is 25.4 Å². The summed E-state index contributed by atoms with van der Waals surface area (Å²) in [6, 6.07) is 10.3. The van der Waals surface area contributed by atoms with E-state index in [0.29, 0.717) is 17.1 Å². The van der Waals surface area contributed by atoms with Gasteiger partial charge in [0.25, 0.3) is 15.9 Å². The van der Waals surface area contributed by atoms with Crippen LogP contribution in [0.15, 0.2) is 46.7 Å². The molecule has 7 nitrogen and oxygen atoms in total. The average molecular weight is 430 g/mol. The van der Waals surface area contributed by atoms with Crippen LogP contribution >= 0.6 is 11.3 Å². The number of hydrogen-bond donors (Lipinski definition) is 2. The Bertz CT molecular complexity index is 1220. The SMILES string of the molecule is Cc1ccc(-c2csc(NS(=O)(=O)c3ccc4c(c3)NC(=O)C(C)O4)n2)cc1C. The maximum absolute atomic E-state index is 12.8. The van der Waals surface area contributed by atoms with Gasteiger partial charge in [-0.1, -0.05) is 12.1 Å². The van der Waals surface area contributed by atoms with E-state index in [1.54, 1.807) is 6.92 Å². The summed E-state index contributed by atoms with van der Waals surface area (Å²) in [6.45, 7) is 5.68. The molecule has 0 spiro atoms. The van der Waals surface area contributed by atoms with Gasteiger partial charge in [0.1, 0.15) is 5.75 Å². The minimum absolute atomic E-state index is 0.0117. The molecule has 9 heteroatoms. The van der Waals surface area contributed by atoms with Crippen molar-refractivity contribution in [2.45, 2.75) is 31.8 Å². The average Bonchev–Trinajstić information content (AvgIpc) is 3.12. The van der Waals surface area contributed by atoms with E-state index in [1.807, 2.05) is 37.4 Å². The van der Waals surface area contributed by atoms with Gasteiger partial charge in [0.05, 0.1) is 16.3 Å². The summed E-state index contributed by atoms with van der Waals surface area (Å²) in [5.74, 6) is 0.111. The van der Waals surface area contributed by atoms with Crippen molar-refractivity contribution in [3.05, 3.63) is 52.9 Å². The third kappa shape index (κ3) is 3.83. The molecule has 2 heterocycles. The van der Waals surface area contributed by atoms with Crippen molar-refractivity contribution >= 4 is 38.1 Å². The Kier molecular flexibility index (Phi) is 4.79. The number of carbonyl (C=O) groups excluding carboxylic acids is 1. The van der Waals surface area contributed by atoms with Gasteiger partial charge in [-0.3, -0.25) is 9.52 Å². The molecule has 0 saturated carbocycles. The number of thiazole rings is 1. The van der Waals surface area contributed by atoms with Crippen LogP contribution in [0.3, 0.4) is 0 Å². The zero-order chi connectivity index (χ0) is 20.8. The standard InChI is InChI=1S/C20H19N3O4S2/c1-11-4-5-14(8-12(11)2)17-10-28-20(22-17)23-29(25,26)15-6-7-18-16(9-15)21-19(24)13(3)27-18/h4-10,13H,1-3H3,(H,21,24)(H,22,23). The number of fused-ring (bicyclic) bond motifs is 1. The molecular formula is C20H19N3O4S2. The molecule has 1 aromatic heterocycles. The Morgan fingerprint density at radius 3 is 2.69 bits per heavy atom. The molecule has 1 aliphatic heterocycles. The molecule has 3 aromatic rings. The summed E-state index contributed by atoms with van der Waals surface area (Å²) >= 11 is 1.21. The molecule has 1 amide bonds. The molecular weight excluding hydrogens is 410 g/mol. The Morgan fingerprint density at radius 1 is 1.14 bits per heavy atom. The van der Waals surface area contributed by atoms with Crippen molar-refractivity contribution in [2.24, 2.45) is 0 Å². The number of anilines is 2. The first-order valence-electron chi connectivity index (χ1n) is 8.90. The molecule has 0 radical (unpaired) electrons. The first-order valence-corrected chi connectivity index (χ1v) is 11.3. The van der Waals surface area contributed by atoms with E-state index in [0.717, 1.165) is 11.1 Å². The number of ether oxygens (including phenoxy) is 1. The lowest BCUT2D eigenvalue weighted by Gasteiger charge is -2.23. The van der Waals surface area contributed by atoms with E-state index < -0.39 is 16.1 Å². The topological polar surface area (TPSA) is 97.4 Å². The number of amides is 1. The van der Waals surface area contributed by atoms with Crippen LogP contribution in [0.4, 0.5) is 10.8 Å². The number of sulfonamides is 1. The van der Waals surface area contributed by atoms with Gasteiger partial charge in [0, 0.05) is 10.9 Å². The fourth-order valence-corrected chi connectivity index (χ4v) is 4.88. The van der Waals surface area contributed by atoms with Crippen LogP contribution in [-0.2, 0) is 14.8 Å². The lowest BCUT2D eigenvalue weighted by atomic mass is 10.1. The summed E-state index contributed by atoms with van der Waals surface area (Å²) in [7, 11) is -3.87. The highest BCUT2D eigenvalue weighted by molar-refractivity contribution is 7.93. The number of rotatable bonds is 4. The van der Waals surface area contributed by atoms with Gasteiger partial charge in [-0.15, -0.1) is 11.3 Å². The second-order valence-electron chi connectivity index (χ2n) is 6.85. The molecule has 4 rings (SSSR count). The molecule has 29 heavy (non-hydrogen) atoms. The number of nitrogens with one attached hydrogen (secondary N) is 2. The maximum Gasteiger partial charge on any atom is 0.265 e. The van der Waals surface area contributed by atoms with Gasteiger partial charge in [-0.2, -0.15) is 0 Å². The smallest absolute Gasteiger partial charge is 0.265 e. The number of aryl methyl sites for hydroxylation is 2. The zero-order valence-corrected chi connectivity index (χ0v) is 17.6. The van der Waals surface area contributed by atoms with Crippen molar-refractivity contribution < 1.29 is 17.9 Å². The molecule has 1 unspecified atom stereocenters. The van der Waals surface area contributed by atoms with Crippen LogP contribution in [0.5, 0.6) is 5.75 Å². The van der Waals surface area contributed by atoms with Gasteiger partial charge in [0.15, 0.2) is 11.2 Å². The monoisotopic (exact) mass is 429 g/mol. The minimum Gasteiger partial charge on any atom is -0.479 e. The summed E-state index contributed by atoms with van der Waals surface area (Å²) in [4.78, 5) is 16.2. The summed E-state index contributed by atoms with van der Waals surface area (Å²) < 4.78 is 33.5. The largest absolute Gasteiger partial charge is 0.479 e. The Labute approximate surface area is 172 Å². The second-order valence-corrected chi connectivity index (χ2v) is 9.39. The molecule has 0 fully saturated rings. The van der Waals surface area contributed by atoms with Gasteiger partial charge < -0.3 is 10.1 Å². The lowest BCUT2D eigenvalue weighted by Crippen LogP contribution is -2.34. The Balaban J connectivity index is 1.58. The molecule has 1 aliphatic rings. The summed E-state index contributed by atoms with van der Waals surface area (Å²) in [5.41, 5.74) is 4.28. The predicted molar refractivity (Wildman–Crippen MR) is 113 cm³/mol. The van der Waals surface area contributed by atoms with Gasteiger partial charge in [-0.05, 0) is 56.2 Å². The number of hydrogen-bond acceptors (Lipinski definition) is 6. The van der Waals surface area contributed by atoms with E-state index in [-0.39, 0.29) is 15.9 Å². The van der Waals surface area contributed by atoms with Gasteiger partial charge in [0.2, 0.25) is 0 Å². The van der Waals surface area contributed by atoms with Crippen LogP contribution < -0.4 is 14.8 Å². The molecule has 0 saturated heterocycles. The number of carbonyl (C=O) groups is 1. The summed E-state index contributed by atoms with van der Waals surface area (Å²) in [5, 5.41) is 4.73. The predicted octanol–water partition coefficient (Wildman–Crippen LogP) is 3.95. The first kappa shape index (κ1) is 19.4. The lowest BCUT2D eigenvalue weighted by molar-refractivity contribution is -0.122. The molecule has 2 N–H and O–H groups in total. The van der Waals surface area contributed by atoms with Crippen LogP contribution in [0.2, 0.25) is 0 Å². The van der Waals surface area contributed by atoms with Crippen LogP contribution in [0.1, 0.15) is 18.1 Å². The molecule has 0 bridgehead atoms. The number of benzene rings is 2.